The molecule has 136 valence electrons. The number of para-hydroxylation sites is 1. The zero-order valence-electron chi connectivity index (χ0n) is 15.1. The quantitative estimate of drug-likeness (QED) is 0.514. The van der Waals surface area contributed by atoms with Crippen molar-refractivity contribution in [2.45, 2.75) is 25.3 Å². The molecular formula is C22H19FN2OS. The average Bonchev–Trinajstić information content (AvgIpc) is 2.64. The monoisotopic (exact) mass is 378 g/mol. The number of hydrogen-bond acceptors (Lipinski definition) is 2. The third-order valence-corrected chi connectivity index (χ3v) is 5.57. The van der Waals surface area contributed by atoms with Crippen LogP contribution in [-0.4, -0.2) is 6.03 Å². The smallest absolute Gasteiger partial charge is 0.288 e. The predicted molar refractivity (Wildman–Crippen MR) is 109 cm³/mol. The van der Waals surface area contributed by atoms with Crippen LogP contribution in [0.25, 0.3) is 0 Å². The standard InChI is InChI=1S/C22H19FN2OS/c1-15-11-16(2)13-18(12-15)25-22(26)24(14-17-7-3-4-8-19(17)23)20-9-5-6-10-21(20)27-25/h3-13H,14H2,1-2H3. The summed E-state index contributed by atoms with van der Waals surface area (Å²) in [7, 11) is 0. The molecule has 4 rings (SSSR count). The fraction of sp³-hybridized carbons (Fsp3) is 0.136. The van der Waals surface area contributed by atoms with E-state index in [1.165, 1.54) is 18.0 Å². The number of rotatable bonds is 3. The van der Waals surface area contributed by atoms with Crippen molar-refractivity contribution < 1.29 is 9.18 Å². The summed E-state index contributed by atoms with van der Waals surface area (Å²) >= 11 is 1.40. The number of nitrogens with zero attached hydrogens (tertiary/aromatic N) is 2. The van der Waals surface area contributed by atoms with Crippen LogP contribution in [0.5, 0.6) is 0 Å². The van der Waals surface area contributed by atoms with E-state index in [0.29, 0.717) is 5.56 Å². The fourth-order valence-electron chi connectivity index (χ4n) is 3.29. The molecule has 0 spiro atoms. The average molecular weight is 378 g/mol. The first-order valence-corrected chi connectivity index (χ1v) is 9.50. The van der Waals surface area contributed by atoms with Crippen molar-refractivity contribution in [3.05, 3.63) is 89.2 Å². The largest absolute Gasteiger partial charge is 0.339 e. The van der Waals surface area contributed by atoms with Gasteiger partial charge in [-0.1, -0.05) is 36.4 Å². The summed E-state index contributed by atoms with van der Waals surface area (Å²) in [6, 6.07) is 20.2. The number of carbonyl (C=O) groups is 1. The topological polar surface area (TPSA) is 23.6 Å². The van der Waals surface area contributed by atoms with Crippen LogP contribution in [0.3, 0.4) is 0 Å². The van der Waals surface area contributed by atoms with E-state index in [0.717, 1.165) is 27.4 Å². The van der Waals surface area contributed by atoms with Crippen LogP contribution in [0.2, 0.25) is 0 Å². The lowest BCUT2D eigenvalue weighted by atomic mass is 10.1. The van der Waals surface area contributed by atoms with Crippen molar-refractivity contribution in [3.63, 3.8) is 0 Å². The minimum atomic E-state index is -0.307. The maximum absolute atomic E-state index is 14.2. The molecule has 1 aliphatic heterocycles. The molecule has 0 fully saturated rings. The van der Waals surface area contributed by atoms with E-state index in [-0.39, 0.29) is 18.4 Å². The highest BCUT2D eigenvalue weighted by molar-refractivity contribution is 8.01. The minimum Gasteiger partial charge on any atom is -0.288 e. The molecule has 27 heavy (non-hydrogen) atoms. The summed E-state index contributed by atoms with van der Waals surface area (Å²) in [5.74, 6) is -0.307. The van der Waals surface area contributed by atoms with E-state index < -0.39 is 0 Å². The molecule has 1 heterocycles. The molecule has 0 atom stereocenters. The summed E-state index contributed by atoms with van der Waals surface area (Å²) in [4.78, 5) is 15.9. The van der Waals surface area contributed by atoms with Crippen LogP contribution in [0.4, 0.5) is 20.6 Å². The van der Waals surface area contributed by atoms with Gasteiger partial charge in [0, 0.05) is 5.56 Å². The van der Waals surface area contributed by atoms with Crippen molar-refractivity contribution in [1.82, 2.24) is 0 Å². The number of carbonyl (C=O) groups excluding carboxylic acids is 1. The number of halogens is 1. The van der Waals surface area contributed by atoms with E-state index >= 15 is 0 Å². The lowest BCUT2D eigenvalue weighted by Crippen LogP contribution is -2.43. The second kappa shape index (κ2) is 7.08. The summed E-state index contributed by atoms with van der Waals surface area (Å²) < 4.78 is 15.9. The molecule has 0 bridgehead atoms. The van der Waals surface area contributed by atoms with Gasteiger partial charge in [0.05, 0.1) is 22.8 Å². The third kappa shape index (κ3) is 3.43. The highest BCUT2D eigenvalue weighted by Gasteiger charge is 2.32. The Morgan fingerprint density at radius 2 is 1.59 bits per heavy atom. The molecule has 0 aliphatic carbocycles. The summed E-state index contributed by atoms with van der Waals surface area (Å²) in [6.45, 7) is 4.21. The van der Waals surface area contributed by atoms with Crippen LogP contribution >= 0.6 is 11.9 Å². The molecular weight excluding hydrogens is 359 g/mol. The van der Waals surface area contributed by atoms with Gasteiger partial charge in [-0.2, -0.15) is 0 Å². The molecule has 3 aromatic rings. The molecule has 0 radical (unpaired) electrons. The Balaban J connectivity index is 1.77. The first-order valence-electron chi connectivity index (χ1n) is 8.73. The number of hydrogen-bond donors (Lipinski definition) is 0. The SMILES string of the molecule is Cc1cc(C)cc(N2Sc3ccccc3N(Cc3ccccc3F)C2=O)c1. The summed E-state index contributed by atoms with van der Waals surface area (Å²) in [6.07, 6.45) is 0. The summed E-state index contributed by atoms with van der Waals surface area (Å²) in [5.41, 5.74) is 4.32. The maximum atomic E-state index is 14.2. The number of benzene rings is 3. The van der Waals surface area contributed by atoms with E-state index in [1.807, 2.05) is 50.2 Å². The minimum absolute atomic E-state index is 0.174. The number of aryl methyl sites for hydroxylation is 2. The highest BCUT2D eigenvalue weighted by atomic mass is 32.2. The molecule has 0 aromatic heterocycles. The molecule has 3 aromatic carbocycles. The molecule has 0 saturated carbocycles. The van der Waals surface area contributed by atoms with Crippen LogP contribution in [-0.2, 0) is 6.54 Å². The van der Waals surface area contributed by atoms with E-state index in [1.54, 1.807) is 27.4 Å². The second-order valence-corrected chi connectivity index (χ2v) is 7.65. The zero-order valence-corrected chi connectivity index (χ0v) is 16.0. The Hall–Kier alpha value is -2.79. The number of amides is 2. The number of urea groups is 1. The van der Waals surface area contributed by atoms with Gasteiger partial charge in [-0.25, -0.2) is 13.5 Å². The number of anilines is 2. The van der Waals surface area contributed by atoms with Crippen LogP contribution in [0.1, 0.15) is 16.7 Å². The lowest BCUT2D eigenvalue weighted by Gasteiger charge is -2.36. The molecule has 1 aliphatic rings. The highest BCUT2D eigenvalue weighted by Crippen LogP contribution is 2.42. The maximum Gasteiger partial charge on any atom is 0.339 e. The Morgan fingerprint density at radius 3 is 2.33 bits per heavy atom. The molecule has 0 N–H and O–H groups in total. The van der Waals surface area contributed by atoms with Gasteiger partial charge >= 0.3 is 6.03 Å². The summed E-state index contributed by atoms with van der Waals surface area (Å²) in [5, 5.41) is 0. The second-order valence-electron chi connectivity index (χ2n) is 6.66. The van der Waals surface area contributed by atoms with E-state index in [4.69, 9.17) is 0 Å². The Bertz CT molecular complexity index is 1000. The zero-order chi connectivity index (χ0) is 19.0. The van der Waals surface area contributed by atoms with Crippen molar-refractivity contribution in [1.29, 1.82) is 0 Å². The third-order valence-electron chi connectivity index (χ3n) is 4.48. The van der Waals surface area contributed by atoms with Gasteiger partial charge in [-0.3, -0.25) is 4.90 Å². The van der Waals surface area contributed by atoms with Gasteiger partial charge in [0.1, 0.15) is 5.82 Å². The molecule has 2 amide bonds. The molecule has 0 unspecified atom stereocenters. The first-order chi connectivity index (χ1) is 13.0. The van der Waals surface area contributed by atoms with E-state index in [2.05, 4.69) is 6.07 Å². The van der Waals surface area contributed by atoms with Gasteiger partial charge in [-0.05, 0) is 67.3 Å². The van der Waals surface area contributed by atoms with Gasteiger partial charge in [-0.15, -0.1) is 0 Å². The Labute approximate surface area is 162 Å². The Kier molecular flexibility index (Phi) is 4.62. The van der Waals surface area contributed by atoms with Gasteiger partial charge in [0.15, 0.2) is 0 Å². The van der Waals surface area contributed by atoms with Crippen molar-refractivity contribution >= 4 is 29.4 Å². The van der Waals surface area contributed by atoms with Crippen molar-refractivity contribution in [2.75, 3.05) is 9.21 Å². The van der Waals surface area contributed by atoms with Gasteiger partial charge in [0.25, 0.3) is 0 Å². The van der Waals surface area contributed by atoms with Crippen molar-refractivity contribution in [2.24, 2.45) is 0 Å². The molecule has 0 saturated heterocycles. The molecule has 3 nitrogen and oxygen atoms in total. The Morgan fingerprint density at radius 1 is 0.926 bits per heavy atom. The fourth-order valence-corrected chi connectivity index (χ4v) is 4.28. The van der Waals surface area contributed by atoms with Crippen molar-refractivity contribution in [3.8, 4) is 0 Å². The van der Waals surface area contributed by atoms with Crippen LogP contribution in [0.15, 0.2) is 71.6 Å². The lowest BCUT2D eigenvalue weighted by molar-refractivity contribution is 0.254. The van der Waals surface area contributed by atoms with E-state index in [9.17, 15) is 9.18 Å². The molecule has 5 heteroatoms. The first kappa shape index (κ1) is 17.6. The van der Waals surface area contributed by atoms with Crippen LogP contribution in [0, 0.1) is 19.7 Å². The van der Waals surface area contributed by atoms with Gasteiger partial charge in [0.2, 0.25) is 0 Å². The predicted octanol–water partition coefficient (Wildman–Crippen LogP) is 6.10. The van der Waals surface area contributed by atoms with Gasteiger partial charge < -0.3 is 0 Å². The number of fused-ring (bicyclic) bond motifs is 1. The normalized spacial score (nSPS) is 13.7. The van der Waals surface area contributed by atoms with Crippen LogP contribution < -0.4 is 9.21 Å².